The Morgan fingerprint density at radius 2 is 1.84 bits per heavy atom. The molecule has 1 fully saturated rings. The Morgan fingerprint density at radius 1 is 1.26 bits per heavy atom. The molecule has 7 heteroatoms. The fraction of sp³-hybridized carbons (Fsp3) is 0.875. The number of hydrogen-bond donors (Lipinski definition) is 2. The van der Waals surface area contributed by atoms with Crippen molar-refractivity contribution in [2.45, 2.75) is 98.9 Å². The molecule has 1 saturated heterocycles. The fourth-order valence-corrected chi connectivity index (χ4v) is 4.50. The van der Waals surface area contributed by atoms with Gasteiger partial charge in [0.15, 0.2) is 0 Å². The van der Waals surface area contributed by atoms with Gasteiger partial charge in [0.25, 0.3) is 0 Å². The van der Waals surface area contributed by atoms with E-state index in [4.69, 9.17) is 17.3 Å². The normalized spacial score (nSPS) is 23.1. The molecule has 1 aliphatic heterocycles. The van der Waals surface area contributed by atoms with Crippen LogP contribution in [0.4, 0.5) is 0 Å². The molecule has 2 rings (SSSR count). The van der Waals surface area contributed by atoms with Crippen molar-refractivity contribution < 1.29 is 15.7 Å². The first-order valence-electron chi connectivity index (χ1n) is 11.2. The van der Waals surface area contributed by atoms with E-state index in [2.05, 4.69) is 52.9 Å². The van der Waals surface area contributed by atoms with E-state index in [0.29, 0.717) is 18.0 Å². The smallest absolute Gasteiger partial charge is 0.240 e. The van der Waals surface area contributed by atoms with Crippen molar-refractivity contribution in [2.24, 2.45) is 23.0 Å². The summed E-state index contributed by atoms with van der Waals surface area (Å²) < 4.78 is 0. The highest BCUT2D eigenvalue weighted by atomic mass is 35.5. The lowest BCUT2D eigenvalue weighted by molar-refractivity contribution is -0.138. The number of nitrogens with zero attached hydrogens (tertiary/aromatic N) is 1. The summed E-state index contributed by atoms with van der Waals surface area (Å²) >= 11 is 6.24. The van der Waals surface area contributed by atoms with Crippen molar-refractivity contribution in [3.8, 4) is 0 Å². The van der Waals surface area contributed by atoms with E-state index >= 15 is 0 Å². The number of alkyl halides is 1. The first-order valence-corrected chi connectivity index (χ1v) is 11.7. The van der Waals surface area contributed by atoms with Crippen LogP contribution in [0.2, 0.25) is 0 Å². The molecule has 2 aliphatic rings. The third kappa shape index (κ3) is 10.7. The van der Waals surface area contributed by atoms with E-state index in [-0.39, 0.29) is 41.7 Å². The van der Waals surface area contributed by atoms with Crippen LogP contribution in [0.5, 0.6) is 0 Å². The average molecular weight is 466 g/mol. The molecular formula is C24H52ClN3O3. The number of allylic oxidation sites excluding steroid dienone is 2. The van der Waals surface area contributed by atoms with Crippen LogP contribution in [0.1, 0.15) is 87.5 Å². The van der Waals surface area contributed by atoms with Crippen molar-refractivity contribution >= 4 is 17.5 Å². The monoisotopic (exact) mass is 465 g/mol. The summed E-state index contributed by atoms with van der Waals surface area (Å²) in [6.45, 7) is 15.1. The fourth-order valence-electron chi connectivity index (χ4n) is 4.30. The maximum atomic E-state index is 12.9. The van der Waals surface area contributed by atoms with Gasteiger partial charge in [0.1, 0.15) is 0 Å². The van der Waals surface area contributed by atoms with Gasteiger partial charge in [-0.25, -0.2) is 0 Å². The van der Waals surface area contributed by atoms with Crippen molar-refractivity contribution in [1.82, 2.24) is 10.2 Å². The highest BCUT2D eigenvalue weighted by Crippen LogP contribution is 2.43. The van der Waals surface area contributed by atoms with Gasteiger partial charge in [-0.1, -0.05) is 73.5 Å². The molecule has 0 radical (unpaired) electrons. The van der Waals surface area contributed by atoms with Crippen molar-refractivity contribution in [1.29, 1.82) is 0 Å². The van der Waals surface area contributed by atoms with Crippen molar-refractivity contribution in [3.05, 3.63) is 11.6 Å². The molecule has 1 aliphatic carbocycles. The molecule has 1 heterocycles. The summed E-state index contributed by atoms with van der Waals surface area (Å²) in [5.74, 6) is 0.995. The number of carbonyl (C=O) groups excluding carboxylic acids is 1. The summed E-state index contributed by atoms with van der Waals surface area (Å²) in [5, 5.41) is 3.45. The van der Waals surface area contributed by atoms with E-state index in [1.165, 1.54) is 12.8 Å². The second kappa shape index (κ2) is 16.9. The van der Waals surface area contributed by atoms with Gasteiger partial charge in [0.2, 0.25) is 5.91 Å². The lowest BCUT2D eigenvalue weighted by atomic mass is 9.68. The third-order valence-corrected chi connectivity index (χ3v) is 6.54. The highest BCUT2D eigenvalue weighted by molar-refractivity contribution is 6.20. The summed E-state index contributed by atoms with van der Waals surface area (Å²) in [6, 6.07) is -0.187. The predicted octanol–water partition coefficient (Wildman–Crippen LogP) is 3.90. The van der Waals surface area contributed by atoms with Crippen LogP contribution >= 0.6 is 11.6 Å². The molecule has 0 aromatic carbocycles. The Kier molecular flexibility index (Phi) is 19.0. The van der Waals surface area contributed by atoms with Crippen LogP contribution in [0, 0.1) is 17.3 Å². The molecule has 2 unspecified atom stereocenters. The first kappa shape index (κ1) is 34.9. The molecule has 1 amide bonds. The van der Waals surface area contributed by atoms with Gasteiger partial charge in [-0.2, -0.15) is 0 Å². The van der Waals surface area contributed by atoms with Gasteiger partial charge in [0.05, 0.1) is 6.04 Å². The SMILES string of the molecule is C.CC(C)[C@@H](NCN)C(=O)N1CCC(C2=CCC(Cl)CC2)C(C)(C)C1.CCCC.O.O. The molecule has 3 atom stereocenters. The molecular weight excluding hydrogens is 414 g/mol. The molecule has 0 saturated carbocycles. The zero-order valence-corrected chi connectivity index (χ0v) is 20.8. The van der Waals surface area contributed by atoms with Crippen LogP contribution < -0.4 is 11.1 Å². The van der Waals surface area contributed by atoms with Gasteiger partial charge in [-0.3, -0.25) is 10.1 Å². The first-order chi connectivity index (χ1) is 13.2. The van der Waals surface area contributed by atoms with Gasteiger partial charge in [-0.05, 0) is 42.9 Å². The Balaban J connectivity index is -0.00000103. The van der Waals surface area contributed by atoms with Gasteiger partial charge in [0, 0.05) is 25.1 Å². The minimum Gasteiger partial charge on any atom is -0.412 e. The van der Waals surface area contributed by atoms with Crippen LogP contribution in [0.3, 0.4) is 0 Å². The molecule has 31 heavy (non-hydrogen) atoms. The number of nitrogens with one attached hydrogen (secondary N) is 1. The number of amides is 1. The van der Waals surface area contributed by atoms with Gasteiger partial charge in [-0.15, -0.1) is 11.6 Å². The molecule has 0 aromatic heterocycles. The second-order valence-corrected chi connectivity index (χ2v) is 9.99. The van der Waals surface area contributed by atoms with E-state index < -0.39 is 0 Å². The van der Waals surface area contributed by atoms with E-state index in [1.54, 1.807) is 5.57 Å². The number of rotatable bonds is 6. The topological polar surface area (TPSA) is 121 Å². The largest absolute Gasteiger partial charge is 0.412 e. The van der Waals surface area contributed by atoms with Gasteiger partial charge < -0.3 is 21.6 Å². The number of halogens is 1. The van der Waals surface area contributed by atoms with E-state index in [0.717, 1.165) is 38.8 Å². The lowest BCUT2D eigenvalue weighted by Gasteiger charge is -2.47. The number of nitrogens with two attached hydrogens (primary N) is 1. The lowest BCUT2D eigenvalue weighted by Crippen LogP contribution is -2.56. The number of carbonyl (C=O) groups is 1. The summed E-state index contributed by atoms with van der Waals surface area (Å²) in [6.07, 6.45) is 9.23. The number of likely N-dealkylation sites (tertiary alicyclic amines) is 1. The average Bonchev–Trinajstić information content (AvgIpc) is 2.65. The Bertz CT molecular complexity index is 510. The Hall–Kier alpha value is -0.660. The number of hydrogen-bond acceptors (Lipinski definition) is 3. The van der Waals surface area contributed by atoms with Crippen molar-refractivity contribution in [3.63, 3.8) is 0 Å². The molecule has 0 spiro atoms. The minimum atomic E-state index is -0.187. The molecule has 6 nitrogen and oxygen atoms in total. The molecule has 0 aromatic rings. The second-order valence-electron chi connectivity index (χ2n) is 9.37. The summed E-state index contributed by atoms with van der Waals surface area (Å²) in [7, 11) is 0. The molecule has 188 valence electrons. The Morgan fingerprint density at radius 3 is 2.23 bits per heavy atom. The van der Waals surface area contributed by atoms with E-state index in [1.807, 2.05) is 4.90 Å². The maximum Gasteiger partial charge on any atom is 0.240 e. The van der Waals surface area contributed by atoms with Crippen LogP contribution in [0.15, 0.2) is 11.6 Å². The quantitative estimate of drug-likeness (QED) is 0.351. The summed E-state index contributed by atoms with van der Waals surface area (Å²) in [5.41, 5.74) is 7.28. The maximum absolute atomic E-state index is 12.9. The summed E-state index contributed by atoms with van der Waals surface area (Å²) in [4.78, 5) is 15.0. The van der Waals surface area contributed by atoms with Gasteiger partial charge >= 0.3 is 0 Å². The van der Waals surface area contributed by atoms with E-state index in [9.17, 15) is 4.79 Å². The molecule has 7 N–H and O–H groups in total. The van der Waals surface area contributed by atoms with Crippen molar-refractivity contribution in [2.75, 3.05) is 19.8 Å². The van der Waals surface area contributed by atoms with Crippen LogP contribution in [-0.2, 0) is 4.79 Å². The number of unbranched alkanes of at least 4 members (excludes halogenated alkanes) is 1. The minimum absolute atomic E-state index is 0. The molecule has 0 bridgehead atoms. The zero-order valence-electron chi connectivity index (χ0n) is 20.1. The highest BCUT2D eigenvalue weighted by Gasteiger charge is 2.41. The predicted molar refractivity (Wildman–Crippen MR) is 135 cm³/mol. The standard InChI is InChI=1S/C19H34ClN3O.C4H10.CH4.2H2O/c1-13(2)17(22-12-21)18(24)23-10-9-16(19(3,4)11-23)14-5-7-15(20)8-6-14;1-3-4-2;;;/h5,13,15-17,22H,6-12,21H2,1-4H3;3-4H2,1-2H3;1H4;2*1H2/t15?,16?,17-;;;;/m1..../s1. The van der Waals surface area contributed by atoms with Crippen LogP contribution in [0.25, 0.3) is 0 Å². The third-order valence-electron chi connectivity index (χ3n) is 6.14. The number of piperidine rings is 1. The zero-order chi connectivity index (χ0) is 21.3. The van der Waals surface area contributed by atoms with Crippen LogP contribution in [-0.4, -0.2) is 52.9 Å². The Labute approximate surface area is 197 Å².